The zero-order valence-corrected chi connectivity index (χ0v) is 10.8. The van der Waals surface area contributed by atoms with Gasteiger partial charge in [0.15, 0.2) is 6.29 Å². The lowest BCUT2D eigenvalue weighted by Crippen LogP contribution is -2.16. The highest BCUT2D eigenvalue weighted by atomic mass is 32.2. The molecule has 104 valence electrons. The van der Waals surface area contributed by atoms with E-state index >= 15 is 0 Å². The molecule has 3 rings (SSSR count). The van der Waals surface area contributed by atoms with Crippen molar-refractivity contribution in [1.29, 1.82) is 0 Å². The molecule has 0 atom stereocenters. The summed E-state index contributed by atoms with van der Waals surface area (Å²) in [5, 5.41) is 20.7. The first-order chi connectivity index (χ1) is 9.41. The first kappa shape index (κ1) is 12.9. The number of nitrogens with one attached hydrogen (secondary N) is 1. The maximum atomic E-state index is 12.4. The molecule has 0 unspecified atom stereocenters. The summed E-state index contributed by atoms with van der Waals surface area (Å²) >= 11 is 0. The Morgan fingerprint density at radius 3 is 2.65 bits per heavy atom. The largest absolute Gasteiger partial charge is 0.364 e. The molecule has 1 aromatic heterocycles. The summed E-state index contributed by atoms with van der Waals surface area (Å²) in [6.07, 6.45) is -0.462. The molecule has 20 heavy (non-hydrogen) atoms. The van der Waals surface area contributed by atoms with Crippen LogP contribution in [-0.2, 0) is 10.0 Å². The minimum Gasteiger partial charge on any atom is -0.364 e. The van der Waals surface area contributed by atoms with Gasteiger partial charge in [-0.15, -0.1) is 0 Å². The lowest BCUT2D eigenvalue weighted by atomic mass is 10.2. The van der Waals surface area contributed by atoms with E-state index < -0.39 is 22.2 Å². The first-order valence-corrected chi connectivity index (χ1v) is 7.09. The monoisotopic (exact) mass is 294 g/mol. The molecule has 0 radical (unpaired) electrons. The molecule has 1 amide bonds. The second-order valence-corrected chi connectivity index (χ2v) is 6.06. The van der Waals surface area contributed by atoms with Crippen molar-refractivity contribution in [1.82, 2.24) is 3.97 Å². The maximum absolute atomic E-state index is 12.4. The number of rotatable bonds is 1. The van der Waals surface area contributed by atoms with Gasteiger partial charge < -0.3 is 15.5 Å². The van der Waals surface area contributed by atoms with Crippen LogP contribution in [0.3, 0.4) is 0 Å². The number of carbonyl (C=O) groups excluding carboxylic acids is 1. The highest BCUT2D eigenvalue weighted by molar-refractivity contribution is 7.90. The van der Waals surface area contributed by atoms with E-state index in [1.807, 2.05) is 0 Å². The molecule has 1 aliphatic heterocycles. The third kappa shape index (κ3) is 1.73. The van der Waals surface area contributed by atoms with Crippen molar-refractivity contribution in [3.05, 3.63) is 47.8 Å². The molecule has 8 heteroatoms. The summed E-state index contributed by atoms with van der Waals surface area (Å²) in [5.41, 5.74) is 0.0995. The molecular weight excluding hydrogens is 284 g/mol. The van der Waals surface area contributed by atoms with Crippen molar-refractivity contribution >= 4 is 21.6 Å². The third-order valence-corrected chi connectivity index (χ3v) is 4.78. The SMILES string of the molecule is O=C1Nc2cc(C(O)O)ccc2S(=O)(=O)n2cccc21. The summed E-state index contributed by atoms with van der Waals surface area (Å²) in [6, 6.07) is 6.59. The molecule has 0 saturated carbocycles. The van der Waals surface area contributed by atoms with Gasteiger partial charge in [-0.25, -0.2) is 12.4 Å². The smallest absolute Gasteiger partial charge is 0.273 e. The number of benzene rings is 1. The van der Waals surface area contributed by atoms with Gasteiger partial charge in [-0.3, -0.25) is 4.79 Å². The minimum absolute atomic E-state index is 0.00713. The Morgan fingerprint density at radius 1 is 1.20 bits per heavy atom. The molecule has 0 fully saturated rings. The van der Waals surface area contributed by atoms with Gasteiger partial charge >= 0.3 is 0 Å². The van der Waals surface area contributed by atoms with E-state index in [0.29, 0.717) is 0 Å². The molecule has 0 spiro atoms. The van der Waals surface area contributed by atoms with E-state index in [4.69, 9.17) is 10.2 Å². The van der Waals surface area contributed by atoms with Crippen LogP contribution in [0.1, 0.15) is 22.3 Å². The van der Waals surface area contributed by atoms with Crippen LogP contribution in [0.2, 0.25) is 0 Å². The van der Waals surface area contributed by atoms with E-state index in [9.17, 15) is 13.2 Å². The fraction of sp³-hybridized carbons (Fsp3) is 0.0833. The highest BCUT2D eigenvalue weighted by Gasteiger charge is 2.30. The van der Waals surface area contributed by atoms with E-state index in [-0.39, 0.29) is 21.8 Å². The second-order valence-electron chi connectivity index (χ2n) is 4.28. The Balaban J connectivity index is 2.30. The molecule has 1 aliphatic rings. The van der Waals surface area contributed by atoms with Crippen LogP contribution >= 0.6 is 0 Å². The quantitative estimate of drug-likeness (QED) is 0.654. The zero-order valence-electron chi connectivity index (χ0n) is 10.0. The number of hydrogen-bond acceptors (Lipinski definition) is 5. The Hall–Kier alpha value is -2.16. The van der Waals surface area contributed by atoms with E-state index in [0.717, 1.165) is 3.97 Å². The molecule has 2 heterocycles. The Bertz CT molecular complexity index is 807. The lowest BCUT2D eigenvalue weighted by molar-refractivity contribution is -0.0424. The van der Waals surface area contributed by atoms with Crippen molar-refractivity contribution in [2.75, 3.05) is 5.32 Å². The van der Waals surface area contributed by atoms with Crippen molar-refractivity contribution in [3.8, 4) is 0 Å². The molecule has 0 saturated heterocycles. The van der Waals surface area contributed by atoms with Crippen LogP contribution in [0.4, 0.5) is 5.69 Å². The summed E-state index contributed by atoms with van der Waals surface area (Å²) < 4.78 is 25.8. The number of carbonyl (C=O) groups is 1. The molecule has 7 nitrogen and oxygen atoms in total. The second kappa shape index (κ2) is 4.17. The molecule has 0 aliphatic carbocycles. The Labute approximate surface area is 114 Å². The van der Waals surface area contributed by atoms with Gasteiger partial charge in [-0.05, 0) is 24.3 Å². The van der Waals surface area contributed by atoms with Crippen molar-refractivity contribution < 1.29 is 23.4 Å². The first-order valence-electron chi connectivity index (χ1n) is 5.65. The topological polar surface area (TPSA) is 109 Å². The molecule has 1 aromatic carbocycles. The van der Waals surface area contributed by atoms with Gasteiger partial charge in [0.2, 0.25) is 0 Å². The average molecular weight is 294 g/mol. The number of aromatic nitrogens is 1. The number of nitrogens with zero attached hydrogens (tertiary/aromatic N) is 1. The molecule has 0 bridgehead atoms. The number of aliphatic hydroxyl groups is 2. The van der Waals surface area contributed by atoms with Crippen LogP contribution in [-0.4, -0.2) is 28.5 Å². The maximum Gasteiger partial charge on any atom is 0.273 e. The zero-order chi connectivity index (χ0) is 14.5. The number of anilines is 1. The van der Waals surface area contributed by atoms with E-state index in [1.165, 1.54) is 36.5 Å². The van der Waals surface area contributed by atoms with Gasteiger partial charge in [0, 0.05) is 11.8 Å². The van der Waals surface area contributed by atoms with Crippen molar-refractivity contribution in [3.63, 3.8) is 0 Å². The predicted octanol–water partition coefficient (Wildman–Crippen LogP) is 0.274. The summed E-state index contributed by atoms with van der Waals surface area (Å²) in [5.74, 6) is -0.582. The third-order valence-electron chi connectivity index (χ3n) is 3.03. The highest BCUT2D eigenvalue weighted by Crippen LogP contribution is 2.30. The molecule has 3 N–H and O–H groups in total. The van der Waals surface area contributed by atoms with Crippen LogP contribution in [0.15, 0.2) is 41.4 Å². The average Bonchev–Trinajstić information content (AvgIpc) is 2.85. The Morgan fingerprint density at radius 2 is 1.95 bits per heavy atom. The summed E-state index contributed by atoms with van der Waals surface area (Å²) in [6.45, 7) is 0. The Kier molecular flexibility index (Phi) is 2.68. The van der Waals surface area contributed by atoms with Crippen LogP contribution < -0.4 is 5.32 Å². The predicted molar refractivity (Wildman–Crippen MR) is 68.6 cm³/mol. The van der Waals surface area contributed by atoms with E-state index in [1.54, 1.807) is 0 Å². The fourth-order valence-corrected chi connectivity index (χ4v) is 3.55. The van der Waals surface area contributed by atoms with Crippen LogP contribution in [0, 0.1) is 0 Å². The van der Waals surface area contributed by atoms with Crippen molar-refractivity contribution in [2.24, 2.45) is 0 Å². The molecule has 2 aromatic rings. The fourth-order valence-electron chi connectivity index (χ4n) is 2.07. The van der Waals surface area contributed by atoms with Gasteiger partial charge in [0.25, 0.3) is 15.9 Å². The van der Waals surface area contributed by atoms with E-state index in [2.05, 4.69) is 5.32 Å². The number of fused-ring (bicyclic) bond motifs is 2. The van der Waals surface area contributed by atoms with Gasteiger partial charge in [-0.2, -0.15) is 0 Å². The normalized spacial score (nSPS) is 16.2. The lowest BCUT2D eigenvalue weighted by Gasteiger charge is -2.10. The summed E-state index contributed by atoms with van der Waals surface area (Å²) in [4.78, 5) is 11.9. The standard InChI is InChI=1S/C12H10N2O5S/c15-11-9-2-1-5-14(9)20(18,19)10-4-3-7(12(16)17)6-8(10)13-11/h1-6,12,16-17H,(H,13,15). The van der Waals surface area contributed by atoms with Gasteiger partial charge in [0.1, 0.15) is 10.6 Å². The molecular formula is C12H10N2O5S. The van der Waals surface area contributed by atoms with Crippen LogP contribution in [0.25, 0.3) is 0 Å². The number of amides is 1. The number of hydrogen-bond donors (Lipinski definition) is 3. The minimum atomic E-state index is -3.90. The van der Waals surface area contributed by atoms with Gasteiger partial charge in [-0.1, -0.05) is 6.07 Å². The number of aliphatic hydroxyl groups excluding tert-OH is 1. The summed E-state index contributed by atoms with van der Waals surface area (Å²) in [7, 11) is -3.90. The van der Waals surface area contributed by atoms with Crippen LogP contribution in [0.5, 0.6) is 0 Å². The van der Waals surface area contributed by atoms with Gasteiger partial charge in [0.05, 0.1) is 5.69 Å². The van der Waals surface area contributed by atoms with Crippen molar-refractivity contribution in [2.45, 2.75) is 11.2 Å².